The second-order valence-corrected chi connectivity index (χ2v) is 11.9. The van der Waals surface area contributed by atoms with Crippen molar-refractivity contribution in [1.82, 2.24) is 9.97 Å². The van der Waals surface area contributed by atoms with Crippen LogP contribution >= 0.6 is 0 Å². The molecule has 0 amide bonds. The maximum Gasteiger partial charge on any atom is 0.417 e. The van der Waals surface area contributed by atoms with E-state index in [4.69, 9.17) is 0 Å². The summed E-state index contributed by atoms with van der Waals surface area (Å²) in [4.78, 5) is 8.32. The highest BCUT2D eigenvalue weighted by Crippen LogP contribution is 2.42. The maximum absolute atomic E-state index is 13.2. The van der Waals surface area contributed by atoms with Gasteiger partial charge in [-0.05, 0) is 69.5 Å². The van der Waals surface area contributed by atoms with Crippen molar-refractivity contribution < 1.29 is 26.3 Å². The lowest BCUT2D eigenvalue weighted by Gasteiger charge is -2.24. The van der Waals surface area contributed by atoms with Crippen molar-refractivity contribution in [3.63, 3.8) is 0 Å². The molecule has 4 aromatic rings. The van der Waals surface area contributed by atoms with E-state index in [1.165, 1.54) is 12.1 Å². The molecule has 0 aliphatic rings. The standard InChI is InChI=1S/C32H30F6N2/c1-29(2,3)19-7-11-23(25(15-19)27-13-9-21(17-39-27)31(33,34)35)24-12-8-20(30(4,5)6)16-26(24)28-14-10-22(18-40-28)32(36,37)38/h7-18H,1-6H3. The molecule has 0 atom stereocenters. The Balaban J connectivity index is 1.98. The first-order valence-electron chi connectivity index (χ1n) is 12.7. The van der Waals surface area contributed by atoms with E-state index in [0.717, 1.165) is 35.7 Å². The molecule has 2 aromatic carbocycles. The van der Waals surface area contributed by atoms with Gasteiger partial charge in [0, 0.05) is 23.5 Å². The van der Waals surface area contributed by atoms with Crippen LogP contribution < -0.4 is 0 Å². The van der Waals surface area contributed by atoms with Gasteiger partial charge in [-0.1, -0.05) is 65.8 Å². The largest absolute Gasteiger partial charge is 0.417 e. The van der Waals surface area contributed by atoms with Gasteiger partial charge in [-0.2, -0.15) is 26.3 Å². The molecular formula is C32H30F6N2. The molecule has 0 spiro atoms. The van der Waals surface area contributed by atoms with E-state index in [0.29, 0.717) is 33.6 Å². The highest BCUT2D eigenvalue weighted by molar-refractivity contribution is 5.91. The van der Waals surface area contributed by atoms with Crippen LogP contribution in [0, 0.1) is 0 Å². The molecule has 8 heteroatoms. The maximum atomic E-state index is 13.2. The summed E-state index contributed by atoms with van der Waals surface area (Å²) in [7, 11) is 0. The van der Waals surface area contributed by atoms with Gasteiger partial charge >= 0.3 is 12.4 Å². The highest BCUT2D eigenvalue weighted by atomic mass is 19.4. The highest BCUT2D eigenvalue weighted by Gasteiger charge is 2.32. The van der Waals surface area contributed by atoms with Crippen molar-refractivity contribution in [1.29, 1.82) is 0 Å². The number of hydrogen-bond donors (Lipinski definition) is 0. The van der Waals surface area contributed by atoms with E-state index in [-0.39, 0.29) is 10.8 Å². The number of benzene rings is 2. The SMILES string of the molecule is CC(C)(C)c1ccc(-c2ccc(C(C)(C)C)cc2-c2ccc(C(F)(F)F)cn2)c(-c2ccc(C(F)(F)F)cn2)c1. The summed E-state index contributed by atoms with van der Waals surface area (Å²) in [5.41, 5.74) is 2.95. The van der Waals surface area contributed by atoms with Crippen LogP contribution in [-0.2, 0) is 23.2 Å². The molecular weight excluding hydrogens is 526 g/mol. The lowest BCUT2D eigenvalue weighted by Crippen LogP contribution is -2.12. The van der Waals surface area contributed by atoms with E-state index in [1.807, 2.05) is 77.9 Å². The average molecular weight is 557 g/mol. The lowest BCUT2D eigenvalue weighted by atomic mass is 9.81. The number of halogens is 6. The van der Waals surface area contributed by atoms with E-state index in [2.05, 4.69) is 9.97 Å². The molecule has 4 rings (SSSR count). The van der Waals surface area contributed by atoms with Gasteiger partial charge in [0.15, 0.2) is 0 Å². The van der Waals surface area contributed by atoms with Crippen LogP contribution in [0.25, 0.3) is 33.6 Å². The molecule has 0 bridgehead atoms. The first kappa shape index (κ1) is 29.3. The Kier molecular flexibility index (Phi) is 7.37. The van der Waals surface area contributed by atoms with Crippen LogP contribution in [0.3, 0.4) is 0 Å². The average Bonchev–Trinajstić information content (AvgIpc) is 2.86. The molecule has 0 unspecified atom stereocenters. The minimum Gasteiger partial charge on any atom is -0.256 e. The minimum absolute atomic E-state index is 0.257. The Morgan fingerprint density at radius 2 is 0.750 bits per heavy atom. The third-order valence-electron chi connectivity index (χ3n) is 6.79. The smallest absolute Gasteiger partial charge is 0.256 e. The predicted octanol–water partition coefficient (Wildman–Crippen LogP) is 10.1. The van der Waals surface area contributed by atoms with Gasteiger partial charge in [-0.3, -0.25) is 9.97 Å². The second-order valence-electron chi connectivity index (χ2n) is 11.9. The molecule has 2 aromatic heterocycles. The first-order chi connectivity index (χ1) is 18.4. The molecule has 0 N–H and O–H groups in total. The molecule has 2 nitrogen and oxygen atoms in total. The summed E-state index contributed by atoms with van der Waals surface area (Å²) >= 11 is 0. The molecule has 210 valence electrons. The van der Waals surface area contributed by atoms with Gasteiger partial charge in [-0.25, -0.2) is 0 Å². The fraction of sp³-hybridized carbons (Fsp3) is 0.312. The van der Waals surface area contributed by atoms with Crippen LogP contribution in [0.1, 0.15) is 63.8 Å². The Morgan fingerprint density at radius 3 is 1.00 bits per heavy atom. The van der Waals surface area contributed by atoms with E-state index in [9.17, 15) is 26.3 Å². The molecule has 0 aliphatic carbocycles. The molecule has 0 radical (unpaired) electrons. The number of pyridine rings is 2. The minimum atomic E-state index is -4.52. The van der Waals surface area contributed by atoms with Crippen LogP contribution in [-0.4, -0.2) is 9.97 Å². The summed E-state index contributed by atoms with van der Waals surface area (Å²) in [6.07, 6.45) is -7.43. The summed E-state index contributed by atoms with van der Waals surface area (Å²) in [5.74, 6) is 0. The zero-order valence-corrected chi connectivity index (χ0v) is 23.1. The summed E-state index contributed by atoms with van der Waals surface area (Å²) < 4.78 is 79.5. The summed E-state index contributed by atoms with van der Waals surface area (Å²) in [6.45, 7) is 12.2. The van der Waals surface area contributed by atoms with Crippen LogP contribution in [0.2, 0.25) is 0 Å². The van der Waals surface area contributed by atoms with Crippen LogP contribution in [0.4, 0.5) is 26.3 Å². The van der Waals surface area contributed by atoms with Crippen LogP contribution in [0.5, 0.6) is 0 Å². The van der Waals surface area contributed by atoms with E-state index < -0.39 is 23.5 Å². The van der Waals surface area contributed by atoms with E-state index >= 15 is 0 Å². The predicted molar refractivity (Wildman–Crippen MR) is 146 cm³/mol. The van der Waals surface area contributed by atoms with Crippen molar-refractivity contribution in [3.8, 4) is 33.6 Å². The molecule has 40 heavy (non-hydrogen) atoms. The number of nitrogens with zero attached hydrogens (tertiary/aromatic N) is 2. The van der Waals surface area contributed by atoms with Gasteiger partial charge in [0.1, 0.15) is 0 Å². The lowest BCUT2D eigenvalue weighted by molar-refractivity contribution is -0.138. The number of rotatable bonds is 3. The number of hydrogen-bond acceptors (Lipinski definition) is 2. The molecule has 2 heterocycles. The first-order valence-corrected chi connectivity index (χ1v) is 12.7. The Hall–Kier alpha value is -3.68. The molecule has 0 saturated heterocycles. The molecule has 0 aliphatic heterocycles. The normalized spacial score (nSPS) is 13.0. The van der Waals surface area contributed by atoms with Gasteiger partial charge in [-0.15, -0.1) is 0 Å². The van der Waals surface area contributed by atoms with Crippen molar-refractivity contribution in [2.24, 2.45) is 0 Å². The monoisotopic (exact) mass is 556 g/mol. The number of aromatic nitrogens is 2. The van der Waals surface area contributed by atoms with Crippen LogP contribution in [0.15, 0.2) is 73.1 Å². The van der Waals surface area contributed by atoms with Gasteiger partial charge in [0.25, 0.3) is 0 Å². The Labute approximate surface area is 230 Å². The van der Waals surface area contributed by atoms with Crippen molar-refractivity contribution in [2.75, 3.05) is 0 Å². The fourth-order valence-corrected chi connectivity index (χ4v) is 4.36. The van der Waals surface area contributed by atoms with Crippen molar-refractivity contribution in [3.05, 3.63) is 95.3 Å². The third kappa shape index (κ3) is 6.21. The summed E-state index contributed by atoms with van der Waals surface area (Å²) in [6, 6.07) is 16.2. The zero-order chi connectivity index (χ0) is 29.7. The van der Waals surface area contributed by atoms with E-state index in [1.54, 1.807) is 0 Å². The summed E-state index contributed by atoms with van der Waals surface area (Å²) in [5, 5.41) is 0. The number of alkyl halides is 6. The third-order valence-corrected chi connectivity index (χ3v) is 6.79. The van der Waals surface area contributed by atoms with Gasteiger partial charge in [0.2, 0.25) is 0 Å². The fourth-order valence-electron chi connectivity index (χ4n) is 4.36. The molecule has 0 fully saturated rings. The quantitative estimate of drug-likeness (QED) is 0.235. The molecule has 0 saturated carbocycles. The van der Waals surface area contributed by atoms with Crippen molar-refractivity contribution >= 4 is 0 Å². The van der Waals surface area contributed by atoms with Crippen molar-refractivity contribution in [2.45, 2.75) is 64.7 Å². The van der Waals surface area contributed by atoms with Gasteiger partial charge in [0.05, 0.1) is 22.5 Å². The van der Waals surface area contributed by atoms with Gasteiger partial charge < -0.3 is 0 Å². The zero-order valence-electron chi connectivity index (χ0n) is 23.1. The topological polar surface area (TPSA) is 25.8 Å². The second kappa shape index (κ2) is 10.1. The Bertz CT molecular complexity index is 1390. The Morgan fingerprint density at radius 1 is 0.425 bits per heavy atom.